The largest absolute Gasteiger partial charge is 0.497 e. The molecule has 208 valence electrons. The monoisotopic (exact) mass is 571 g/mol. The molecule has 10 heteroatoms. The van der Waals surface area contributed by atoms with Gasteiger partial charge in [-0.2, -0.15) is 0 Å². The van der Waals surface area contributed by atoms with Crippen LogP contribution in [0.15, 0.2) is 77.7 Å². The number of halogens is 1. The number of nitrogens with zero attached hydrogens (tertiary/aromatic N) is 2. The van der Waals surface area contributed by atoms with Gasteiger partial charge in [-0.15, -0.1) is 0 Å². The lowest BCUT2D eigenvalue weighted by Crippen LogP contribution is -2.52. The summed E-state index contributed by atoms with van der Waals surface area (Å²) in [6.45, 7) is 6.56. The smallest absolute Gasteiger partial charge is 0.264 e. The molecule has 3 aromatic rings. The third-order valence-electron chi connectivity index (χ3n) is 6.12. The van der Waals surface area contributed by atoms with Crippen molar-refractivity contribution in [2.24, 2.45) is 0 Å². The predicted molar refractivity (Wildman–Crippen MR) is 153 cm³/mol. The van der Waals surface area contributed by atoms with Gasteiger partial charge in [0.15, 0.2) is 0 Å². The summed E-state index contributed by atoms with van der Waals surface area (Å²) >= 11 is 6.14. The molecule has 1 atom stereocenters. The van der Waals surface area contributed by atoms with Crippen LogP contribution in [0.3, 0.4) is 0 Å². The second kappa shape index (κ2) is 13.0. The van der Waals surface area contributed by atoms with Crippen LogP contribution in [-0.4, -0.2) is 50.9 Å². The minimum atomic E-state index is -4.14. The molecule has 0 aliphatic carbocycles. The van der Waals surface area contributed by atoms with Crippen molar-refractivity contribution in [2.45, 2.75) is 51.2 Å². The molecule has 3 rings (SSSR count). The van der Waals surface area contributed by atoms with E-state index >= 15 is 0 Å². The molecule has 0 radical (unpaired) electrons. The normalized spacial score (nSPS) is 12.1. The molecule has 1 N–H and O–H groups in total. The average Bonchev–Trinajstić information content (AvgIpc) is 2.90. The number of carbonyl (C=O) groups excluding carboxylic acids is 2. The maximum Gasteiger partial charge on any atom is 0.264 e. The molecule has 0 aliphatic heterocycles. The molecule has 0 heterocycles. The standard InChI is InChI=1S/C29H34ClN3O5S/c1-20(2)31-29(35)22(4)32(18-23-10-9-11-25(17-23)38-5)28(34)19-33(27-15-14-24(30)16-21(27)3)39(36,37)26-12-7-6-8-13-26/h6-17,20,22H,18-19H2,1-5H3,(H,31,35)/t22-/m0/s1. The van der Waals surface area contributed by atoms with Crippen molar-refractivity contribution in [3.8, 4) is 5.75 Å². The first-order valence-corrected chi connectivity index (χ1v) is 14.3. The molecule has 3 aromatic carbocycles. The Labute approximate surface area is 235 Å². The van der Waals surface area contributed by atoms with Crippen LogP contribution in [0.1, 0.15) is 31.9 Å². The molecule has 0 aliphatic rings. The number of hydrogen-bond acceptors (Lipinski definition) is 5. The quantitative estimate of drug-likeness (QED) is 0.357. The Morgan fingerprint density at radius 2 is 1.67 bits per heavy atom. The minimum absolute atomic E-state index is 0.0390. The zero-order valence-corrected chi connectivity index (χ0v) is 24.3. The van der Waals surface area contributed by atoms with Gasteiger partial charge in [-0.3, -0.25) is 13.9 Å². The van der Waals surface area contributed by atoms with E-state index in [1.807, 2.05) is 19.9 Å². The number of sulfonamides is 1. The van der Waals surface area contributed by atoms with Crippen LogP contribution in [0.5, 0.6) is 5.75 Å². The third kappa shape index (κ3) is 7.52. The first kappa shape index (κ1) is 30.0. The number of aryl methyl sites for hydroxylation is 1. The second-order valence-electron chi connectivity index (χ2n) is 9.47. The summed E-state index contributed by atoms with van der Waals surface area (Å²) in [5.41, 5.74) is 1.63. The van der Waals surface area contributed by atoms with Gasteiger partial charge in [0.25, 0.3) is 10.0 Å². The number of amides is 2. The highest BCUT2D eigenvalue weighted by Crippen LogP contribution is 2.29. The van der Waals surface area contributed by atoms with Gasteiger partial charge in [0.1, 0.15) is 18.3 Å². The summed E-state index contributed by atoms with van der Waals surface area (Å²) < 4.78 is 34.1. The Balaban J connectivity index is 2.06. The maximum absolute atomic E-state index is 14.0. The lowest BCUT2D eigenvalue weighted by molar-refractivity contribution is -0.139. The Hall–Kier alpha value is -3.56. The fourth-order valence-electron chi connectivity index (χ4n) is 4.09. The lowest BCUT2D eigenvalue weighted by atomic mass is 10.1. The molecule has 0 saturated heterocycles. The number of carbonyl (C=O) groups is 2. The topological polar surface area (TPSA) is 96.0 Å². The van der Waals surface area contributed by atoms with E-state index in [4.69, 9.17) is 16.3 Å². The Morgan fingerprint density at radius 1 is 0.974 bits per heavy atom. The zero-order chi connectivity index (χ0) is 28.7. The summed E-state index contributed by atoms with van der Waals surface area (Å²) in [7, 11) is -2.60. The van der Waals surface area contributed by atoms with E-state index < -0.39 is 28.5 Å². The maximum atomic E-state index is 14.0. The Bertz CT molecular complexity index is 1410. The van der Waals surface area contributed by atoms with E-state index in [1.54, 1.807) is 75.6 Å². The number of anilines is 1. The van der Waals surface area contributed by atoms with Crippen molar-refractivity contribution in [1.82, 2.24) is 10.2 Å². The summed E-state index contributed by atoms with van der Waals surface area (Å²) in [5.74, 6) is -0.288. The van der Waals surface area contributed by atoms with Crippen molar-refractivity contribution in [3.05, 3.63) is 88.9 Å². The number of rotatable bonds is 11. The highest BCUT2D eigenvalue weighted by molar-refractivity contribution is 7.92. The molecule has 0 bridgehead atoms. The molecule has 2 amide bonds. The molecular formula is C29H34ClN3O5S. The fraction of sp³-hybridized carbons (Fsp3) is 0.310. The van der Waals surface area contributed by atoms with Gasteiger partial charge < -0.3 is 15.0 Å². The molecule has 0 spiro atoms. The number of hydrogen-bond donors (Lipinski definition) is 1. The molecule has 39 heavy (non-hydrogen) atoms. The highest BCUT2D eigenvalue weighted by Gasteiger charge is 2.33. The molecular weight excluding hydrogens is 538 g/mol. The first-order valence-electron chi connectivity index (χ1n) is 12.5. The minimum Gasteiger partial charge on any atom is -0.497 e. The van der Waals surface area contributed by atoms with Crippen LogP contribution >= 0.6 is 11.6 Å². The highest BCUT2D eigenvalue weighted by atomic mass is 35.5. The summed E-state index contributed by atoms with van der Waals surface area (Å²) in [5, 5.41) is 3.28. The van der Waals surface area contributed by atoms with E-state index in [2.05, 4.69) is 5.32 Å². The van der Waals surface area contributed by atoms with E-state index in [0.29, 0.717) is 22.0 Å². The number of benzene rings is 3. The Morgan fingerprint density at radius 3 is 2.28 bits per heavy atom. The van der Waals surface area contributed by atoms with E-state index in [0.717, 1.165) is 9.87 Å². The van der Waals surface area contributed by atoms with Crippen LogP contribution in [0, 0.1) is 6.92 Å². The molecule has 0 fully saturated rings. The van der Waals surface area contributed by atoms with E-state index in [-0.39, 0.29) is 23.4 Å². The van der Waals surface area contributed by atoms with Crippen LogP contribution in [0.2, 0.25) is 5.02 Å². The van der Waals surface area contributed by atoms with Gasteiger partial charge >= 0.3 is 0 Å². The van der Waals surface area contributed by atoms with Gasteiger partial charge in [0, 0.05) is 17.6 Å². The molecule has 8 nitrogen and oxygen atoms in total. The number of ether oxygens (including phenoxy) is 1. The van der Waals surface area contributed by atoms with Gasteiger partial charge in [-0.05, 0) is 81.3 Å². The van der Waals surface area contributed by atoms with Gasteiger partial charge in [-0.25, -0.2) is 8.42 Å². The van der Waals surface area contributed by atoms with Crippen LogP contribution < -0.4 is 14.4 Å². The summed E-state index contributed by atoms with van der Waals surface area (Å²) in [4.78, 5) is 28.4. The summed E-state index contributed by atoms with van der Waals surface area (Å²) in [6, 6.07) is 18.8. The van der Waals surface area contributed by atoms with Gasteiger partial charge in [0.2, 0.25) is 11.8 Å². The van der Waals surface area contributed by atoms with Gasteiger partial charge in [0.05, 0.1) is 17.7 Å². The van der Waals surface area contributed by atoms with Crippen LogP contribution in [-0.2, 0) is 26.2 Å². The predicted octanol–water partition coefficient (Wildman–Crippen LogP) is 4.79. The average molecular weight is 572 g/mol. The zero-order valence-electron chi connectivity index (χ0n) is 22.7. The van der Waals surface area contributed by atoms with Crippen molar-refractivity contribution >= 4 is 39.1 Å². The SMILES string of the molecule is COc1cccc(CN(C(=O)CN(c2ccc(Cl)cc2C)S(=O)(=O)c2ccccc2)[C@@H](C)C(=O)NC(C)C)c1. The lowest BCUT2D eigenvalue weighted by Gasteiger charge is -2.32. The van der Waals surface area contributed by atoms with Gasteiger partial charge in [-0.1, -0.05) is 41.9 Å². The fourth-order valence-corrected chi connectivity index (χ4v) is 5.81. The molecule has 0 aromatic heterocycles. The van der Waals surface area contributed by atoms with E-state index in [1.165, 1.54) is 17.0 Å². The Kier molecular flexibility index (Phi) is 9.99. The molecule has 0 unspecified atom stereocenters. The molecule has 0 saturated carbocycles. The third-order valence-corrected chi connectivity index (χ3v) is 8.13. The van der Waals surface area contributed by atoms with Crippen molar-refractivity contribution in [3.63, 3.8) is 0 Å². The van der Waals surface area contributed by atoms with Crippen molar-refractivity contribution in [2.75, 3.05) is 18.0 Å². The first-order chi connectivity index (χ1) is 18.4. The van der Waals surface area contributed by atoms with Crippen LogP contribution in [0.25, 0.3) is 0 Å². The second-order valence-corrected chi connectivity index (χ2v) is 11.8. The number of methoxy groups -OCH3 is 1. The van der Waals surface area contributed by atoms with Crippen molar-refractivity contribution in [1.29, 1.82) is 0 Å². The summed E-state index contributed by atoms with van der Waals surface area (Å²) in [6.07, 6.45) is 0. The number of nitrogens with one attached hydrogen (secondary N) is 1. The van der Waals surface area contributed by atoms with Crippen LogP contribution in [0.4, 0.5) is 5.69 Å². The van der Waals surface area contributed by atoms with E-state index in [9.17, 15) is 18.0 Å². The van der Waals surface area contributed by atoms with Crippen molar-refractivity contribution < 1.29 is 22.7 Å².